The number of aromatic amines is 2. The van der Waals surface area contributed by atoms with E-state index in [0.29, 0.717) is 50.4 Å². The van der Waals surface area contributed by atoms with Crippen LogP contribution in [-0.4, -0.2) is 36.0 Å². The predicted molar refractivity (Wildman–Crippen MR) is 141 cm³/mol. The summed E-state index contributed by atoms with van der Waals surface area (Å²) in [5.41, 5.74) is 4.24. The average molecular weight is 528 g/mol. The molecular formula is C27H19F2N7OS. The van der Waals surface area contributed by atoms with E-state index in [4.69, 9.17) is 0 Å². The van der Waals surface area contributed by atoms with Crippen molar-refractivity contribution < 1.29 is 13.6 Å². The first kappa shape index (κ1) is 22.7. The van der Waals surface area contributed by atoms with Crippen LogP contribution in [0.3, 0.4) is 0 Å². The van der Waals surface area contributed by atoms with Gasteiger partial charge in [-0.15, -0.1) is 11.3 Å². The molecule has 0 saturated heterocycles. The number of hydrogen-bond donors (Lipinski definition) is 3. The average Bonchev–Trinajstić information content (AvgIpc) is 3.59. The summed E-state index contributed by atoms with van der Waals surface area (Å²) in [6, 6.07) is 9.71. The maximum Gasteiger partial charge on any atom is 0.227 e. The number of halogens is 2. The van der Waals surface area contributed by atoms with E-state index in [2.05, 4.69) is 35.5 Å². The first-order valence-electron chi connectivity index (χ1n) is 12.1. The topological polar surface area (TPSA) is 112 Å². The fraction of sp³-hybridized carbons (Fsp3) is 0.148. The number of pyridine rings is 2. The molecule has 1 aromatic carbocycles. The van der Waals surface area contributed by atoms with Crippen molar-refractivity contribution in [3.63, 3.8) is 0 Å². The van der Waals surface area contributed by atoms with E-state index >= 15 is 4.39 Å². The number of aromatic nitrogens is 6. The van der Waals surface area contributed by atoms with E-state index in [9.17, 15) is 9.18 Å². The van der Waals surface area contributed by atoms with Gasteiger partial charge in [-0.25, -0.2) is 14.4 Å². The summed E-state index contributed by atoms with van der Waals surface area (Å²) in [7, 11) is 0. The van der Waals surface area contributed by atoms with Crippen molar-refractivity contribution in [1.82, 2.24) is 30.1 Å². The van der Waals surface area contributed by atoms with Crippen LogP contribution in [0.4, 0.5) is 14.5 Å². The van der Waals surface area contributed by atoms with Gasteiger partial charge in [-0.05, 0) is 43.2 Å². The van der Waals surface area contributed by atoms with Gasteiger partial charge in [-0.2, -0.15) is 9.49 Å². The van der Waals surface area contributed by atoms with Crippen molar-refractivity contribution in [3.8, 4) is 33.1 Å². The lowest BCUT2D eigenvalue weighted by Crippen LogP contribution is -2.28. The van der Waals surface area contributed by atoms with Crippen molar-refractivity contribution in [2.24, 2.45) is 5.92 Å². The molecule has 0 atom stereocenters. The molecular weight excluding hydrogens is 508 g/mol. The van der Waals surface area contributed by atoms with E-state index in [1.807, 2.05) is 0 Å². The number of imidazole rings is 1. The number of thiophene rings is 1. The molecule has 1 amide bonds. The Bertz CT molecular complexity index is 1850. The summed E-state index contributed by atoms with van der Waals surface area (Å²) in [5, 5.41) is 10.5. The normalized spacial score (nSPS) is 13.7. The maximum atomic E-state index is 15.2. The molecule has 7 rings (SSSR count). The van der Waals surface area contributed by atoms with Gasteiger partial charge in [0.2, 0.25) is 5.91 Å². The van der Waals surface area contributed by atoms with Crippen LogP contribution in [0.1, 0.15) is 19.3 Å². The third-order valence-electron chi connectivity index (χ3n) is 6.90. The first-order chi connectivity index (χ1) is 18.5. The van der Waals surface area contributed by atoms with Crippen LogP contribution in [-0.2, 0) is 4.79 Å². The molecule has 1 aliphatic rings. The van der Waals surface area contributed by atoms with Gasteiger partial charge in [0, 0.05) is 51.3 Å². The van der Waals surface area contributed by atoms with E-state index in [0.717, 1.165) is 41.0 Å². The lowest BCUT2D eigenvalue weighted by atomic mass is 9.85. The highest BCUT2D eigenvalue weighted by Crippen LogP contribution is 2.36. The van der Waals surface area contributed by atoms with Crippen molar-refractivity contribution >= 4 is 45.0 Å². The first-order valence-corrected chi connectivity index (χ1v) is 12.9. The maximum absolute atomic E-state index is 15.2. The van der Waals surface area contributed by atoms with E-state index in [1.54, 1.807) is 42.9 Å². The Hall–Kier alpha value is -4.51. The van der Waals surface area contributed by atoms with Gasteiger partial charge in [0.1, 0.15) is 11.5 Å². The van der Waals surface area contributed by atoms with Crippen LogP contribution in [0.2, 0.25) is 0 Å². The zero-order valence-electron chi connectivity index (χ0n) is 19.8. The Morgan fingerprint density at radius 3 is 2.76 bits per heavy atom. The zero-order valence-corrected chi connectivity index (χ0v) is 20.6. The molecule has 1 saturated carbocycles. The highest BCUT2D eigenvalue weighted by Gasteiger charge is 2.25. The molecule has 5 aromatic heterocycles. The Morgan fingerprint density at radius 1 is 1.08 bits per heavy atom. The Balaban J connectivity index is 1.29. The largest absolute Gasteiger partial charge is 0.335 e. The summed E-state index contributed by atoms with van der Waals surface area (Å²) in [4.78, 5) is 29.6. The molecule has 188 valence electrons. The van der Waals surface area contributed by atoms with Gasteiger partial charge >= 0.3 is 0 Å². The van der Waals surface area contributed by atoms with E-state index in [-0.39, 0.29) is 17.0 Å². The molecule has 8 nitrogen and oxygen atoms in total. The van der Waals surface area contributed by atoms with Gasteiger partial charge in [0.15, 0.2) is 16.6 Å². The molecule has 11 heteroatoms. The van der Waals surface area contributed by atoms with Gasteiger partial charge in [-0.1, -0.05) is 6.42 Å². The molecule has 1 aliphatic carbocycles. The minimum absolute atomic E-state index is 0.0258. The minimum Gasteiger partial charge on any atom is -0.335 e. The SMILES string of the molecule is O=C(Nc1cncc(-c2cc3c(-c4nc5nccc(-c6ccc(F)s6)c5[nH]4)n[nH]c3cc2F)c1)C1CCC1. The van der Waals surface area contributed by atoms with Crippen molar-refractivity contribution in [2.45, 2.75) is 19.3 Å². The number of fused-ring (bicyclic) bond motifs is 2. The molecule has 38 heavy (non-hydrogen) atoms. The van der Waals surface area contributed by atoms with Crippen molar-refractivity contribution in [2.75, 3.05) is 5.32 Å². The summed E-state index contributed by atoms with van der Waals surface area (Å²) < 4.78 is 28.9. The molecule has 5 heterocycles. The second-order valence-electron chi connectivity index (χ2n) is 9.28. The van der Waals surface area contributed by atoms with Gasteiger partial charge in [0.05, 0.1) is 22.9 Å². The molecule has 0 radical (unpaired) electrons. The smallest absolute Gasteiger partial charge is 0.227 e. The molecule has 0 aliphatic heterocycles. The van der Waals surface area contributed by atoms with Gasteiger partial charge in [0.25, 0.3) is 0 Å². The predicted octanol–water partition coefficient (Wildman–Crippen LogP) is 6.31. The fourth-order valence-electron chi connectivity index (χ4n) is 4.70. The fourth-order valence-corrected chi connectivity index (χ4v) is 5.46. The molecule has 1 fully saturated rings. The summed E-state index contributed by atoms with van der Waals surface area (Å²) in [6.07, 6.45) is 7.56. The van der Waals surface area contributed by atoms with Crippen LogP contribution in [0, 0.1) is 16.9 Å². The molecule has 0 bridgehead atoms. The number of hydrogen-bond acceptors (Lipinski definition) is 6. The van der Waals surface area contributed by atoms with Crippen LogP contribution < -0.4 is 5.32 Å². The highest BCUT2D eigenvalue weighted by molar-refractivity contribution is 7.14. The number of carbonyl (C=O) groups excluding carboxylic acids is 1. The van der Waals surface area contributed by atoms with Crippen molar-refractivity contribution in [1.29, 1.82) is 0 Å². The third-order valence-corrected chi connectivity index (χ3v) is 7.81. The Morgan fingerprint density at radius 2 is 1.97 bits per heavy atom. The second-order valence-corrected chi connectivity index (χ2v) is 10.3. The van der Waals surface area contributed by atoms with E-state index < -0.39 is 5.82 Å². The lowest BCUT2D eigenvalue weighted by Gasteiger charge is -2.24. The number of H-pyrrole nitrogens is 2. The Kier molecular flexibility index (Phi) is 5.25. The van der Waals surface area contributed by atoms with Gasteiger partial charge in [-0.3, -0.25) is 14.9 Å². The lowest BCUT2D eigenvalue weighted by molar-refractivity contribution is -0.122. The van der Waals surface area contributed by atoms with Crippen LogP contribution in [0.15, 0.2) is 55.0 Å². The summed E-state index contributed by atoms with van der Waals surface area (Å²) in [6.45, 7) is 0. The van der Waals surface area contributed by atoms with Crippen LogP contribution in [0.5, 0.6) is 0 Å². The third kappa shape index (κ3) is 3.82. The zero-order chi connectivity index (χ0) is 25.8. The number of benzene rings is 1. The number of carbonyl (C=O) groups is 1. The second kappa shape index (κ2) is 8.80. The van der Waals surface area contributed by atoms with Gasteiger partial charge < -0.3 is 10.3 Å². The molecule has 6 aromatic rings. The van der Waals surface area contributed by atoms with Crippen LogP contribution >= 0.6 is 11.3 Å². The Labute approximate surface area is 218 Å². The molecule has 0 spiro atoms. The number of nitrogens with zero attached hydrogens (tertiary/aromatic N) is 4. The van der Waals surface area contributed by atoms with E-state index in [1.165, 1.54) is 12.1 Å². The highest BCUT2D eigenvalue weighted by atomic mass is 32.1. The minimum atomic E-state index is -0.453. The van der Waals surface area contributed by atoms with Crippen LogP contribution in [0.25, 0.3) is 55.2 Å². The molecule has 3 N–H and O–H groups in total. The number of nitrogens with one attached hydrogen (secondary N) is 3. The quantitative estimate of drug-likeness (QED) is 0.243. The monoisotopic (exact) mass is 527 g/mol. The molecule has 0 unspecified atom stereocenters. The standard InChI is InChI=1S/C27H19F2N7OS/c28-19-10-20-18(9-17(19)14-8-15(12-30-11-14)32-27(37)13-2-1-3-13)24(36-35-20)26-33-23-16(6-7-31-25(23)34-26)21-4-5-22(29)38-21/h4-13H,1-3H2,(H,32,37)(H,35,36)(H,31,33,34). The van der Waals surface area contributed by atoms with Crippen molar-refractivity contribution in [3.05, 3.63) is 65.9 Å². The number of rotatable bonds is 5. The number of anilines is 1. The summed E-state index contributed by atoms with van der Waals surface area (Å²) in [5.74, 6) is -0.0186. The number of amides is 1. The summed E-state index contributed by atoms with van der Waals surface area (Å²) >= 11 is 1.04.